The molecule has 2 heteroatoms. The van der Waals surface area contributed by atoms with Gasteiger partial charge in [0.1, 0.15) is 6.10 Å². The minimum absolute atomic E-state index is 0.0800. The zero-order valence-corrected chi connectivity index (χ0v) is 19.5. The molecule has 3 atom stereocenters. The van der Waals surface area contributed by atoms with E-state index >= 15 is 0 Å². The van der Waals surface area contributed by atoms with E-state index in [1.807, 2.05) is 43.3 Å². The number of carbonyl (C=O) groups is 1. The Labute approximate surface area is 179 Å². The van der Waals surface area contributed by atoms with Crippen molar-refractivity contribution >= 4 is 5.97 Å². The molecular weight excluding hydrogens is 356 g/mol. The van der Waals surface area contributed by atoms with Crippen LogP contribution in [0.5, 0.6) is 0 Å². The van der Waals surface area contributed by atoms with Gasteiger partial charge in [0.15, 0.2) is 0 Å². The maximum Gasteiger partial charge on any atom is 0.306 e. The highest BCUT2D eigenvalue weighted by Gasteiger charge is 2.34. The number of hydrogen-bond donors (Lipinski definition) is 0. The Morgan fingerprint density at radius 1 is 1.21 bits per heavy atom. The average Bonchev–Trinajstić information content (AvgIpc) is 3.45. The Morgan fingerprint density at radius 3 is 2.21 bits per heavy atom. The fraction of sp³-hybridized carbons (Fsp3) is 0.519. The second kappa shape index (κ2) is 16.8. The molecule has 0 bridgehead atoms. The van der Waals surface area contributed by atoms with Crippen LogP contribution in [-0.4, -0.2) is 5.97 Å². The number of rotatable bonds is 8. The number of ether oxygens (including phenoxy) is 1. The molecule has 1 fully saturated rings. The summed E-state index contributed by atoms with van der Waals surface area (Å²) in [5, 5.41) is 0. The molecule has 2 nitrogen and oxygen atoms in total. The van der Waals surface area contributed by atoms with Crippen molar-refractivity contribution in [2.24, 2.45) is 11.8 Å². The Bertz CT molecular complexity index is 613. The molecule has 0 amide bonds. The monoisotopic (exact) mass is 398 g/mol. The summed E-state index contributed by atoms with van der Waals surface area (Å²) in [5.41, 5.74) is 2.52. The topological polar surface area (TPSA) is 26.3 Å². The van der Waals surface area contributed by atoms with Crippen molar-refractivity contribution < 1.29 is 9.53 Å². The summed E-state index contributed by atoms with van der Waals surface area (Å²) in [6.45, 7) is 16.2. The van der Waals surface area contributed by atoms with Gasteiger partial charge in [-0.2, -0.15) is 0 Å². The van der Waals surface area contributed by atoms with Crippen LogP contribution in [0.15, 0.2) is 66.8 Å². The van der Waals surface area contributed by atoms with E-state index in [0.29, 0.717) is 6.42 Å². The fourth-order valence-electron chi connectivity index (χ4n) is 2.88. The van der Waals surface area contributed by atoms with Crippen LogP contribution >= 0.6 is 0 Å². The van der Waals surface area contributed by atoms with Crippen molar-refractivity contribution in [1.82, 2.24) is 0 Å². The average molecular weight is 399 g/mol. The van der Waals surface area contributed by atoms with Gasteiger partial charge in [-0.3, -0.25) is 4.79 Å². The Balaban J connectivity index is 0.000000493. The maximum absolute atomic E-state index is 11.2. The molecule has 1 aromatic carbocycles. The van der Waals surface area contributed by atoms with Gasteiger partial charge < -0.3 is 4.74 Å². The van der Waals surface area contributed by atoms with Crippen LogP contribution < -0.4 is 0 Å². The third-order valence-corrected chi connectivity index (χ3v) is 4.49. The molecule has 162 valence electrons. The van der Waals surface area contributed by atoms with Gasteiger partial charge in [-0.15, -0.1) is 0 Å². The minimum atomic E-state index is -0.127. The summed E-state index contributed by atoms with van der Waals surface area (Å²) in [4.78, 5) is 11.2. The lowest BCUT2D eigenvalue weighted by molar-refractivity contribution is -0.149. The number of benzene rings is 1. The van der Waals surface area contributed by atoms with Crippen molar-refractivity contribution in [3.63, 3.8) is 0 Å². The summed E-state index contributed by atoms with van der Waals surface area (Å²) >= 11 is 0. The summed E-state index contributed by atoms with van der Waals surface area (Å²) < 4.78 is 5.39. The standard InChI is InChI=1S/C13H18O2.C11H16.C3H8/c1-3-8-12(15-13(14)4-2)11-9-6-5-7-10-11;1-4-6-10(7-5-2)11-8-9(11)3;1-3-2/h5-7,9-10,12H,3-4,8H2,1-2H3;4-7,9,11H,1,8H2,2-3H3;3H2,1-2H3/b;7-5-,10-6+;. The van der Waals surface area contributed by atoms with Gasteiger partial charge in [-0.1, -0.05) is 109 Å². The second-order valence-electron chi connectivity index (χ2n) is 7.46. The molecule has 0 heterocycles. The highest BCUT2D eigenvalue weighted by molar-refractivity contribution is 5.69. The highest BCUT2D eigenvalue weighted by Crippen LogP contribution is 2.44. The Morgan fingerprint density at radius 2 is 1.79 bits per heavy atom. The third-order valence-electron chi connectivity index (χ3n) is 4.49. The lowest BCUT2D eigenvalue weighted by Gasteiger charge is -2.17. The first-order valence-corrected chi connectivity index (χ1v) is 11.2. The van der Waals surface area contributed by atoms with E-state index in [-0.39, 0.29) is 12.1 Å². The smallest absolute Gasteiger partial charge is 0.306 e. The maximum atomic E-state index is 11.2. The van der Waals surface area contributed by atoms with Crippen molar-refractivity contribution in [3.8, 4) is 0 Å². The predicted octanol–water partition coefficient (Wildman–Crippen LogP) is 8.23. The molecule has 29 heavy (non-hydrogen) atoms. The van der Waals surface area contributed by atoms with E-state index in [9.17, 15) is 4.79 Å². The molecule has 0 aliphatic heterocycles. The molecule has 2 rings (SSSR count). The molecular formula is C27H42O2. The van der Waals surface area contributed by atoms with Crippen LogP contribution in [0.2, 0.25) is 0 Å². The first-order valence-electron chi connectivity index (χ1n) is 11.2. The highest BCUT2D eigenvalue weighted by atomic mass is 16.5. The molecule has 0 N–H and O–H groups in total. The predicted molar refractivity (Wildman–Crippen MR) is 127 cm³/mol. The van der Waals surface area contributed by atoms with Crippen LogP contribution in [0, 0.1) is 11.8 Å². The van der Waals surface area contributed by atoms with Crippen LogP contribution in [0.1, 0.15) is 85.3 Å². The summed E-state index contributed by atoms with van der Waals surface area (Å²) in [6, 6.07) is 9.91. The SMILES string of the molecule is C=C/C=C(\C=C/C)C1CC1C.CCC.CCCC(OC(=O)CC)c1ccccc1. The van der Waals surface area contributed by atoms with Gasteiger partial charge in [0.25, 0.3) is 0 Å². The van der Waals surface area contributed by atoms with Gasteiger partial charge in [0.2, 0.25) is 0 Å². The molecule has 0 radical (unpaired) electrons. The first kappa shape index (κ1) is 26.9. The van der Waals surface area contributed by atoms with Crippen molar-refractivity contribution in [1.29, 1.82) is 0 Å². The van der Waals surface area contributed by atoms with E-state index in [1.165, 1.54) is 18.4 Å². The Kier molecular flexibility index (Phi) is 15.6. The number of allylic oxidation sites excluding steroid dienone is 5. The number of carbonyl (C=O) groups excluding carboxylic acids is 1. The molecule has 1 aliphatic carbocycles. The molecule has 3 unspecified atom stereocenters. The van der Waals surface area contributed by atoms with Crippen molar-refractivity contribution in [2.45, 2.75) is 79.8 Å². The first-order chi connectivity index (χ1) is 14.0. The fourth-order valence-corrected chi connectivity index (χ4v) is 2.88. The molecule has 0 aromatic heterocycles. The van der Waals surface area contributed by atoms with Gasteiger partial charge >= 0.3 is 5.97 Å². The lowest BCUT2D eigenvalue weighted by atomic mass is 10.1. The molecule has 0 spiro atoms. The second-order valence-corrected chi connectivity index (χ2v) is 7.46. The third kappa shape index (κ3) is 12.2. The van der Waals surface area contributed by atoms with Gasteiger partial charge in [0.05, 0.1) is 0 Å². The van der Waals surface area contributed by atoms with Crippen LogP contribution in [0.3, 0.4) is 0 Å². The molecule has 1 aliphatic rings. The number of esters is 1. The van der Waals surface area contributed by atoms with Crippen molar-refractivity contribution in [2.75, 3.05) is 0 Å². The molecule has 1 saturated carbocycles. The van der Waals surface area contributed by atoms with Gasteiger partial charge in [0, 0.05) is 6.42 Å². The molecule has 1 aromatic rings. The van der Waals surface area contributed by atoms with E-state index < -0.39 is 0 Å². The zero-order chi connectivity index (χ0) is 22.1. The van der Waals surface area contributed by atoms with Crippen molar-refractivity contribution in [3.05, 3.63) is 72.4 Å². The summed E-state index contributed by atoms with van der Waals surface area (Å²) in [5.74, 6) is 1.57. The molecule has 0 saturated heterocycles. The van der Waals surface area contributed by atoms with Gasteiger partial charge in [-0.05, 0) is 42.7 Å². The van der Waals surface area contributed by atoms with E-state index in [4.69, 9.17) is 4.74 Å². The van der Waals surface area contributed by atoms with Crippen LogP contribution in [0.25, 0.3) is 0 Å². The van der Waals surface area contributed by atoms with E-state index in [2.05, 4.69) is 59.4 Å². The summed E-state index contributed by atoms with van der Waals surface area (Å²) in [7, 11) is 0. The lowest BCUT2D eigenvalue weighted by Crippen LogP contribution is -2.10. The quantitative estimate of drug-likeness (QED) is 0.325. The minimum Gasteiger partial charge on any atom is -0.457 e. The van der Waals surface area contributed by atoms with Crippen LogP contribution in [-0.2, 0) is 9.53 Å². The van der Waals surface area contributed by atoms with E-state index in [0.717, 1.165) is 30.2 Å². The normalized spacial score (nSPS) is 18.6. The Hall–Kier alpha value is -2.09. The van der Waals surface area contributed by atoms with Gasteiger partial charge in [-0.25, -0.2) is 0 Å². The van der Waals surface area contributed by atoms with Crippen LogP contribution in [0.4, 0.5) is 0 Å². The van der Waals surface area contributed by atoms with E-state index in [1.54, 1.807) is 0 Å². The summed E-state index contributed by atoms with van der Waals surface area (Å²) in [6.07, 6.45) is 13.1. The largest absolute Gasteiger partial charge is 0.457 e. The number of hydrogen-bond acceptors (Lipinski definition) is 2. The zero-order valence-electron chi connectivity index (χ0n) is 19.5.